The Hall–Kier alpha value is -1.91. The van der Waals surface area contributed by atoms with E-state index in [0.29, 0.717) is 0 Å². The van der Waals surface area contributed by atoms with Gasteiger partial charge in [-0.15, -0.1) is 0 Å². The number of nitrogens with zero attached hydrogens (tertiary/aromatic N) is 3. The zero-order chi connectivity index (χ0) is 15.6. The van der Waals surface area contributed by atoms with E-state index in [1.54, 1.807) is 12.4 Å². The van der Waals surface area contributed by atoms with Gasteiger partial charge in [-0.3, -0.25) is 9.78 Å². The monoisotopic (exact) mass is 287 g/mol. The van der Waals surface area contributed by atoms with Gasteiger partial charge in [0, 0.05) is 17.7 Å². The molecule has 0 saturated heterocycles. The molecule has 0 amide bonds. The summed E-state index contributed by atoms with van der Waals surface area (Å²) in [6.45, 7) is 10.3. The van der Waals surface area contributed by atoms with Gasteiger partial charge in [0.2, 0.25) is 0 Å². The maximum absolute atomic E-state index is 11.5. The first-order chi connectivity index (χ1) is 9.65. The number of carboxylic acid groups (broad SMARTS) is 1. The number of fused-ring (bicyclic) bond motifs is 1. The topological polar surface area (TPSA) is 68.0 Å². The summed E-state index contributed by atoms with van der Waals surface area (Å²) in [5, 5.41) is 9.44. The van der Waals surface area contributed by atoms with Crippen LogP contribution in [0.3, 0.4) is 0 Å². The van der Waals surface area contributed by atoms with Crippen LogP contribution in [0, 0.1) is 11.3 Å². The van der Waals surface area contributed by atoms with Gasteiger partial charge in [0.15, 0.2) is 0 Å². The molecule has 0 radical (unpaired) electrons. The SMILES string of the molecule is CC1(C)C(C(=O)O)C1c1nc2cnccc2n1C(C)(C)C. The number of hydrogen-bond donors (Lipinski definition) is 1. The molecule has 1 aliphatic carbocycles. The molecule has 0 spiro atoms. The van der Waals surface area contributed by atoms with E-state index < -0.39 is 5.97 Å². The predicted molar refractivity (Wildman–Crippen MR) is 80.2 cm³/mol. The summed E-state index contributed by atoms with van der Waals surface area (Å²) < 4.78 is 2.17. The normalized spacial score (nSPS) is 24.2. The Kier molecular flexibility index (Phi) is 2.71. The molecule has 2 heterocycles. The average Bonchev–Trinajstić information content (AvgIpc) is 2.76. The summed E-state index contributed by atoms with van der Waals surface area (Å²) in [6, 6.07) is 1.95. The predicted octanol–water partition coefficient (Wildman–Crippen LogP) is 3.01. The van der Waals surface area contributed by atoms with Crippen LogP contribution in [0.25, 0.3) is 11.0 Å². The molecule has 3 rings (SSSR count). The first-order valence-electron chi connectivity index (χ1n) is 7.21. The van der Waals surface area contributed by atoms with E-state index in [1.165, 1.54) is 0 Å². The van der Waals surface area contributed by atoms with Crippen LogP contribution in [0.5, 0.6) is 0 Å². The molecule has 1 saturated carbocycles. The fourth-order valence-electron chi connectivity index (χ4n) is 3.44. The molecule has 21 heavy (non-hydrogen) atoms. The average molecular weight is 287 g/mol. The fraction of sp³-hybridized carbons (Fsp3) is 0.562. The van der Waals surface area contributed by atoms with Crippen LogP contribution in [-0.2, 0) is 10.3 Å². The van der Waals surface area contributed by atoms with Crippen molar-refractivity contribution in [1.29, 1.82) is 0 Å². The van der Waals surface area contributed by atoms with E-state index in [0.717, 1.165) is 16.9 Å². The van der Waals surface area contributed by atoms with Crippen molar-refractivity contribution in [2.24, 2.45) is 11.3 Å². The molecule has 2 aromatic rings. The quantitative estimate of drug-likeness (QED) is 0.922. The van der Waals surface area contributed by atoms with E-state index in [2.05, 4.69) is 30.3 Å². The minimum atomic E-state index is -0.740. The maximum atomic E-state index is 11.5. The standard InChI is InChI=1S/C16H21N3O2/c1-15(2,3)19-10-6-7-17-8-9(10)18-13(19)11-12(14(20)21)16(11,4)5/h6-8,11-12H,1-5H3,(H,20,21). The van der Waals surface area contributed by atoms with Crippen LogP contribution in [0.4, 0.5) is 0 Å². The minimum Gasteiger partial charge on any atom is -0.481 e. The lowest BCUT2D eigenvalue weighted by molar-refractivity contribution is -0.139. The molecule has 5 nitrogen and oxygen atoms in total. The largest absolute Gasteiger partial charge is 0.481 e. The van der Waals surface area contributed by atoms with E-state index in [9.17, 15) is 9.90 Å². The van der Waals surface area contributed by atoms with Crippen LogP contribution < -0.4 is 0 Å². The molecular formula is C16H21N3O2. The van der Waals surface area contributed by atoms with Crippen molar-refractivity contribution in [2.45, 2.75) is 46.1 Å². The molecule has 0 aromatic carbocycles. The third-order valence-corrected chi connectivity index (χ3v) is 4.53. The van der Waals surface area contributed by atoms with Crippen LogP contribution >= 0.6 is 0 Å². The smallest absolute Gasteiger partial charge is 0.307 e. The van der Waals surface area contributed by atoms with Gasteiger partial charge in [-0.05, 0) is 32.3 Å². The lowest BCUT2D eigenvalue weighted by Gasteiger charge is -2.25. The van der Waals surface area contributed by atoms with E-state index in [-0.39, 0.29) is 22.8 Å². The number of carboxylic acids is 1. The summed E-state index contributed by atoms with van der Waals surface area (Å²) in [5.41, 5.74) is 1.42. The number of carbonyl (C=O) groups is 1. The summed E-state index contributed by atoms with van der Waals surface area (Å²) in [5.74, 6) is -0.302. The van der Waals surface area contributed by atoms with Gasteiger partial charge in [0.1, 0.15) is 11.3 Å². The number of pyridine rings is 1. The van der Waals surface area contributed by atoms with Gasteiger partial charge in [0.05, 0.1) is 17.6 Å². The molecular weight excluding hydrogens is 266 g/mol. The molecule has 0 bridgehead atoms. The molecule has 112 valence electrons. The molecule has 1 fully saturated rings. The van der Waals surface area contributed by atoms with Gasteiger partial charge in [-0.1, -0.05) is 13.8 Å². The molecule has 0 aliphatic heterocycles. The summed E-state index contributed by atoms with van der Waals surface area (Å²) in [4.78, 5) is 20.3. The lowest BCUT2D eigenvalue weighted by Crippen LogP contribution is -2.24. The number of hydrogen-bond acceptors (Lipinski definition) is 3. The second-order valence-electron chi connectivity index (χ2n) is 7.46. The van der Waals surface area contributed by atoms with Crippen molar-refractivity contribution in [3.63, 3.8) is 0 Å². The second-order valence-corrected chi connectivity index (χ2v) is 7.46. The zero-order valence-electron chi connectivity index (χ0n) is 13.1. The van der Waals surface area contributed by atoms with Crippen LogP contribution in [0.15, 0.2) is 18.5 Å². The summed E-state index contributed by atoms with van der Waals surface area (Å²) >= 11 is 0. The fourth-order valence-corrected chi connectivity index (χ4v) is 3.44. The van der Waals surface area contributed by atoms with E-state index in [4.69, 9.17) is 4.98 Å². The number of aromatic nitrogens is 3. The molecule has 2 aromatic heterocycles. The van der Waals surface area contributed by atoms with Crippen molar-refractivity contribution in [2.75, 3.05) is 0 Å². The highest BCUT2D eigenvalue weighted by Gasteiger charge is 2.65. The highest BCUT2D eigenvalue weighted by atomic mass is 16.4. The first-order valence-corrected chi connectivity index (χ1v) is 7.21. The first kappa shape index (κ1) is 14.0. The zero-order valence-corrected chi connectivity index (χ0v) is 13.1. The lowest BCUT2D eigenvalue weighted by atomic mass is 10.1. The highest BCUT2D eigenvalue weighted by Crippen LogP contribution is 2.64. The summed E-state index contributed by atoms with van der Waals surface area (Å²) in [7, 11) is 0. The molecule has 1 aliphatic rings. The van der Waals surface area contributed by atoms with Crippen LogP contribution in [0.2, 0.25) is 0 Å². The maximum Gasteiger partial charge on any atom is 0.307 e. The Morgan fingerprint density at radius 3 is 2.57 bits per heavy atom. The van der Waals surface area contributed by atoms with E-state index >= 15 is 0 Å². The van der Waals surface area contributed by atoms with Gasteiger partial charge in [-0.25, -0.2) is 4.98 Å². The molecule has 2 unspecified atom stereocenters. The Balaban J connectivity index is 2.23. The van der Waals surface area contributed by atoms with Crippen molar-refractivity contribution in [1.82, 2.24) is 14.5 Å². The van der Waals surface area contributed by atoms with Crippen molar-refractivity contribution < 1.29 is 9.90 Å². The number of rotatable bonds is 2. The van der Waals surface area contributed by atoms with Crippen LogP contribution in [0.1, 0.15) is 46.4 Å². The Bertz CT molecular complexity index is 725. The minimum absolute atomic E-state index is 0.0541. The Labute approximate surface area is 124 Å². The van der Waals surface area contributed by atoms with Crippen molar-refractivity contribution >= 4 is 17.0 Å². The van der Waals surface area contributed by atoms with E-state index in [1.807, 2.05) is 19.9 Å². The number of aliphatic carboxylic acids is 1. The van der Waals surface area contributed by atoms with Gasteiger partial charge >= 0.3 is 5.97 Å². The Morgan fingerprint density at radius 1 is 1.38 bits per heavy atom. The number of imidazole rings is 1. The van der Waals surface area contributed by atoms with Crippen molar-refractivity contribution in [3.8, 4) is 0 Å². The molecule has 5 heteroatoms. The van der Waals surface area contributed by atoms with Crippen LogP contribution in [-0.4, -0.2) is 25.6 Å². The van der Waals surface area contributed by atoms with Gasteiger partial charge in [0.25, 0.3) is 0 Å². The molecule has 2 atom stereocenters. The Morgan fingerprint density at radius 2 is 2.05 bits per heavy atom. The van der Waals surface area contributed by atoms with Crippen molar-refractivity contribution in [3.05, 3.63) is 24.3 Å². The molecule has 1 N–H and O–H groups in total. The third-order valence-electron chi connectivity index (χ3n) is 4.53. The third kappa shape index (κ3) is 1.94. The van der Waals surface area contributed by atoms with Gasteiger partial charge < -0.3 is 9.67 Å². The highest BCUT2D eigenvalue weighted by molar-refractivity contribution is 5.79. The van der Waals surface area contributed by atoms with Gasteiger partial charge in [-0.2, -0.15) is 0 Å². The summed E-state index contributed by atoms with van der Waals surface area (Å²) in [6.07, 6.45) is 3.50. The second kappa shape index (κ2) is 4.06.